The van der Waals surface area contributed by atoms with Gasteiger partial charge in [-0.15, -0.1) is 0 Å². The number of carboxylic acids is 1. The van der Waals surface area contributed by atoms with Gasteiger partial charge >= 0.3 is 5.97 Å². The number of hydrogen-bond acceptors (Lipinski definition) is 2. The molecule has 0 aromatic heterocycles. The largest absolute Gasteiger partial charge is 0.481 e. The molecule has 0 fully saturated rings. The number of aliphatic carboxylic acids is 1. The number of carboxylic acid groups (broad SMARTS) is 1. The van der Waals surface area contributed by atoms with Crippen LogP contribution in [0.5, 0.6) is 0 Å². The van der Waals surface area contributed by atoms with E-state index in [4.69, 9.17) is 9.84 Å². The normalized spacial score (nSPS) is 12.4. The van der Waals surface area contributed by atoms with Gasteiger partial charge in [-0.1, -0.05) is 24.3 Å². The van der Waals surface area contributed by atoms with Gasteiger partial charge in [-0.05, 0) is 18.1 Å². The summed E-state index contributed by atoms with van der Waals surface area (Å²) in [5, 5.41) is 8.62. The van der Waals surface area contributed by atoms with Crippen molar-refractivity contribution in [2.24, 2.45) is 0 Å². The highest BCUT2D eigenvalue weighted by atomic mass is 16.5. The van der Waals surface area contributed by atoms with Crippen LogP contribution in [0.4, 0.5) is 0 Å². The molecule has 1 N–H and O–H groups in total. The van der Waals surface area contributed by atoms with Crippen LogP contribution < -0.4 is 0 Å². The van der Waals surface area contributed by atoms with Gasteiger partial charge in [0.25, 0.3) is 0 Å². The maximum Gasteiger partial charge on any atom is 0.307 e. The first-order valence-corrected chi connectivity index (χ1v) is 4.47. The number of rotatable bonds is 4. The van der Waals surface area contributed by atoms with Gasteiger partial charge in [-0.3, -0.25) is 4.79 Å². The first-order chi connectivity index (χ1) is 6.63. The molecule has 0 radical (unpaired) electrons. The number of benzene rings is 1. The van der Waals surface area contributed by atoms with Crippen molar-refractivity contribution in [3.8, 4) is 0 Å². The summed E-state index contributed by atoms with van der Waals surface area (Å²) in [6.07, 6.45) is 0.0633. The van der Waals surface area contributed by atoms with Crippen molar-refractivity contribution in [2.45, 2.75) is 19.4 Å². The molecule has 0 aliphatic rings. The van der Waals surface area contributed by atoms with Crippen LogP contribution in [0.2, 0.25) is 0 Å². The second-order valence-electron chi connectivity index (χ2n) is 3.19. The molecule has 0 bridgehead atoms. The maximum absolute atomic E-state index is 10.5. The van der Waals surface area contributed by atoms with E-state index in [-0.39, 0.29) is 12.5 Å². The first kappa shape index (κ1) is 10.7. The second-order valence-corrected chi connectivity index (χ2v) is 3.19. The fraction of sp³-hybridized carbons (Fsp3) is 0.364. The molecular weight excluding hydrogens is 180 g/mol. The van der Waals surface area contributed by atoms with E-state index in [1.807, 2.05) is 25.1 Å². The molecule has 3 heteroatoms. The summed E-state index contributed by atoms with van der Waals surface area (Å²) in [4.78, 5) is 10.5. The Morgan fingerprint density at radius 3 is 2.86 bits per heavy atom. The number of carbonyl (C=O) groups is 1. The molecule has 0 spiro atoms. The van der Waals surface area contributed by atoms with E-state index in [9.17, 15) is 4.79 Å². The smallest absolute Gasteiger partial charge is 0.307 e. The van der Waals surface area contributed by atoms with Crippen LogP contribution in [0.25, 0.3) is 0 Å². The highest BCUT2D eigenvalue weighted by Crippen LogP contribution is 2.17. The van der Waals surface area contributed by atoms with Crippen LogP contribution >= 0.6 is 0 Å². The van der Waals surface area contributed by atoms with Crippen molar-refractivity contribution < 1.29 is 14.6 Å². The molecule has 3 nitrogen and oxygen atoms in total. The van der Waals surface area contributed by atoms with Crippen molar-refractivity contribution in [2.75, 3.05) is 7.11 Å². The third kappa shape index (κ3) is 2.85. The van der Waals surface area contributed by atoms with E-state index in [2.05, 4.69) is 0 Å². The zero-order valence-electron chi connectivity index (χ0n) is 8.36. The van der Waals surface area contributed by atoms with E-state index >= 15 is 0 Å². The SMILES string of the molecule is COC(C)c1cccc(CC(=O)O)c1. The minimum absolute atomic E-state index is 0.00347. The van der Waals surface area contributed by atoms with Crippen molar-refractivity contribution in [3.05, 3.63) is 35.4 Å². The van der Waals surface area contributed by atoms with Gasteiger partial charge < -0.3 is 9.84 Å². The lowest BCUT2D eigenvalue weighted by Gasteiger charge is -2.10. The predicted molar refractivity (Wildman–Crippen MR) is 53.2 cm³/mol. The van der Waals surface area contributed by atoms with Crippen molar-refractivity contribution in [1.82, 2.24) is 0 Å². The summed E-state index contributed by atoms with van der Waals surface area (Å²) < 4.78 is 5.15. The molecular formula is C11H14O3. The number of ether oxygens (including phenoxy) is 1. The van der Waals surface area contributed by atoms with Gasteiger partial charge in [0.05, 0.1) is 12.5 Å². The Labute approximate surface area is 83.3 Å². The Bertz CT molecular complexity index is 320. The molecule has 0 aliphatic heterocycles. The topological polar surface area (TPSA) is 46.5 Å². The fourth-order valence-electron chi connectivity index (χ4n) is 1.27. The van der Waals surface area contributed by atoms with E-state index in [0.29, 0.717) is 0 Å². The van der Waals surface area contributed by atoms with Crippen LogP contribution in [-0.2, 0) is 16.0 Å². The lowest BCUT2D eigenvalue weighted by atomic mass is 10.1. The van der Waals surface area contributed by atoms with Crippen molar-refractivity contribution in [1.29, 1.82) is 0 Å². The summed E-state index contributed by atoms with van der Waals surface area (Å²) in [5.41, 5.74) is 1.81. The molecule has 76 valence electrons. The van der Waals surface area contributed by atoms with Gasteiger partial charge in [0.1, 0.15) is 0 Å². The summed E-state index contributed by atoms with van der Waals surface area (Å²) in [6, 6.07) is 7.45. The zero-order chi connectivity index (χ0) is 10.6. The molecule has 0 saturated heterocycles. The Morgan fingerprint density at radius 1 is 1.57 bits per heavy atom. The second kappa shape index (κ2) is 4.77. The quantitative estimate of drug-likeness (QED) is 0.797. The average Bonchev–Trinajstić information content (AvgIpc) is 2.16. The molecule has 0 aliphatic carbocycles. The Hall–Kier alpha value is -1.35. The monoisotopic (exact) mass is 194 g/mol. The zero-order valence-corrected chi connectivity index (χ0v) is 8.36. The van der Waals surface area contributed by atoms with Crippen LogP contribution in [0, 0.1) is 0 Å². The van der Waals surface area contributed by atoms with Crippen molar-refractivity contribution >= 4 is 5.97 Å². The fourth-order valence-corrected chi connectivity index (χ4v) is 1.27. The van der Waals surface area contributed by atoms with Crippen LogP contribution in [0.15, 0.2) is 24.3 Å². The standard InChI is InChI=1S/C11H14O3/c1-8(14-2)10-5-3-4-9(6-10)7-11(12)13/h3-6,8H,7H2,1-2H3,(H,12,13). The number of hydrogen-bond donors (Lipinski definition) is 1. The average molecular weight is 194 g/mol. The van der Waals surface area contributed by atoms with Crippen LogP contribution in [-0.4, -0.2) is 18.2 Å². The van der Waals surface area contributed by atoms with Crippen LogP contribution in [0.3, 0.4) is 0 Å². The van der Waals surface area contributed by atoms with Gasteiger partial charge in [-0.2, -0.15) is 0 Å². The maximum atomic E-state index is 10.5. The molecule has 0 amide bonds. The van der Waals surface area contributed by atoms with E-state index < -0.39 is 5.97 Å². The summed E-state index contributed by atoms with van der Waals surface area (Å²) in [7, 11) is 1.63. The molecule has 1 aromatic carbocycles. The summed E-state index contributed by atoms with van der Waals surface area (Å²) >= 11 is 0. The van der Waals surface area contributed by atoms with Gasteiger partial charge in [0, 0.05) is 7.11 Å². The minimum atomic E-state index is -0.813. The molecule has 0 heterocycles. The summed E-state index contributed by atoms with van der Waals surface area (Å²) in [5.74, 6) is -0.813. The lowest BCUT2D eigenvalue weighted by Crippen LogP contribution is -2.02. The molecule has 1 atom stereocenters. The van der Waals surface area contributed by atoms with E-state index in [0.717, 1.165) is 11.1 Å². The Balaban J connectivity index is 2.83. The molecule has 1 aromatic rings. The summed E-state index contributed by atoms with van der Waals surface area (Å²) in [6.45, 7) is 1.93. The van der Waals surface area contributed by atoms with E-state index in [1.165, 1.54) is 0 Å². The molecule has 14 heavy (non-hydrogen) atoms. The van der Waals surface area contributed by atoms with Crippen molar-refractivity contribution in [3.63, 3.8) is 0 Å². The van der Waals surface area contributed by atoms with Gasteiger partial charge in [-0.25, -0.2) is 0 Å². The highest BCUT2D eigenvalue weighted by Gasteiger charge is 2.05. The highest BCUT2D eigenvalue weighted by molar-refractivity contribution is 5.70. The Kier molecular flexibility index (Phi) is 3.65. The Morgan fingerprint density at radius 2 is 2.29 bits per heavy atom. The first-order valence-electron chi connectivity index (χ1n) is 4.47. The lowest BCUT2D eigenvalue weighted by molar-refractivity contribution is -0.136. The molecule has 1 unspecified atom stereocenters. The third-order valence-electron chi connectivity index (χ3n) is 2.13. The molecule has 0 saturated carbocycles. The predicted octanol–water partition coefficient (Wildman–Crippen LogP) is 2.02. The molecule has 1 rings (SSSR count). The van der Waals surface area contributed by atoms with Gasteiger partial charge in [0.15, 0.2) is 0 Å². The third-order valence-corrected chi connectivity index (χ3v) is 2.13. The van der Waals surface area contributed by atoms with Gasteiger partial charge in [0.2, 0.25) is 0 Å². The minimum Gasteiger partial charge on any atom is -0.481 e. The van der Waals surface area contributed by atoms with E-state index in [1.54, 1.807) is 13.2 Å². The van der Waals surface area contributed by atoms with Crippen LogP contribution in [0.1, 0.15) is 24.2 Å². The number of methoxy groups -OCH3 is 1.